The van der Waals surface area contributed by atoms with Crippen LogP contribution in [0.15, 0.2) is 42.5 Å². The first-order valence-corrected chi connectivity index (χ1v) is 9.25. The summed E-state index contributed by atoms with van der Waals surface area (Å²) in [5.41, 5.74) is 2.74. The number of nitrogens with one attached hydrogen (secondary N) is 1. The Kier molecular flexibility index (Phi) is 5.37. The van der Waals surface area contributed by atoms with E-state index < -0.39 is 0 Å². The molecule has 2 aromatic carbocycles. The standard InChI is InChI=1S/C19H20ClN3OS/c1-12-10-14(20)8-9-15(12)21-18(24)11-23(3)13(2)19-22-16-6-4-5-7-17(16)25-19/h4-10,13H,11H2,1-3H3,(H,21,24)/t13-/m1/s1. The first kappa shape index (κ1) is 17.9. The number of amides is 1. The minimum Gasteiger partial charge on any atom is -0.325 e. The van der Waals surface area contributed by atoms with Gasteiger partial charge >= 0.3 is 0 Å². The molecule has 4 nitrogen and oxygen atoms in total. The van der Waals surface area contributed by atoms with Crippen molar-refractivity contribution in [3.63, 3.8) is 0 Å². The van der Waals surface area contributed by atoms with Gasteiger partial charge in [-0.3, -0.25) is 9.69 Å². The zero-order valence-electron chi connectivity index (χ0n) is 14.4. The van der Waals surface area contributed by atoms with Crippen LogP contribution in [0.1, 0.15) is 23.5 Å². The predicted molar refractivity (Wildman–Crippen MR) is 105 cm³/mol. The van der Waals surface area contributed by atoms with E-state index in [1.165, 1.54) is 4.70 Å². The van der Waals surface area contributed by atoms with E-state index in [2.05, 4.69) is 23.3 Å². The summed E-state index contributed by atoms with van der Waals surface area (Å²) in [7, 11) is 1.94. The van der Waals surface area contributed by atoms with Crippen LogP contribution >= 0.6 is 22.9 Å². The molecule has 25 heavy (non-hydrogen) atoms. The van der Waals surface area contributed by atoms with Crippen LogP contribution in [0.3, 0.4) is 0 Å². The average Bonchev–Trinajstić information content (AvgIpc) is 3.00. The molecule has 1 atom stereocenters. The van der Waals surface area contributed by atoms with Crippen LogP contribution in [0, 0.1) is 6.92 Å². The van der Waals surface area contributed by atoms with E-state index in [1.54, 1.807) is 17.4 Å². The van der Waals surface area contributed by atoms with Gasteiger partial charge in [0.15, 0.2) is 0 Å². The van der Waals surface area contributed by atoms with Crippen molar-refractivity contribution in [1.82, 2.24) is 9.88 Å². The molecule has 1 N–H and O–H groups in total. The van der Waals surface area contributed by atoms with E-state index in [4.69, 9.17) is 11.6 Å². The Bertz CT molecular complexity index is 876. The molecule has 0 bridgehead atoms. The van der Waals surface area contributed by atoms with Gasteiger partial charge in [0.25, 0.3) is 0 Å². The fourth-order valence-corrected chi connectivity index (χ4v) is 3.89. The molecular weight excluding hydrogens is 354 g/mol. The molecule has 3 aromatic rings. The van der Waals surface area contributed by atoms with Crippen LogP contribution in [0.4, 0.5) is 5.69 Å². The van der Waals surface area contributed by atoms with Crippen molar-refractivity contribution in [3.05, 3.63) is 58.1 Å². The fourth-order valence-electron chi connectivity index (χ4n) is 2.58. The molecule has 6 heteroatoms. The van der Waals surface area contributed by atoms with Gasteiger partial charge in [0.05, 0.1) is 22.8 Å². The Balaban J connectivity index is 1.66. The van der Waals surface area contributed by atoms with Crippen molar-refractivity contribution < 1.29 is 4.79 Å². The van der Waals surface area contributed by atoms with Crippen LogP contribution < -0.4 is 5.32 Å². The molecule has 1 aromatic heterocycles. The summed E-state index contributed by atoms with van der Waals surface area (Å²) in [6, 6.07) is 13.6. The zero-order chi connectivity index (χ0) is 18.0. The smallest absolute Gasteiger partial charge is 0.238 e. The van der Waals surface area contributed by atoms with Gasteiger partial charge in [-0.15, -0.1) is 11.3 Å². The maximum absolute atomic E-state index is 12.4. The number of aryl methyl sites for hydroxylation is 1. The summed E-state index contributed by atoms with van der Waals surface area (Å²) in [5.74, 6) is -0.0547. The summed E-state index contributed by atoms with van der Waals surface area (Å²) in [4.78, 5) is 19.0. The van der Waals surface area contributed by atoms with Gasteiger partial charge in [-0.1, -0.05) is 23.7 Å². The van der Waals surface area contributed by atoms with Crippen molar-refractivity contribution >= 4 is 44.7 Å². The number of hydrogen-bond acceptors (Lipinski definition) is 4. The zero-order valence-corrected chi connectivity index (χ0v) is 16.0. The highest BCUT2D eigenvalue weighted by atomic mass is 35.5. The van der Waals surface area contributed by atoms with Gasteiger partial charge in [-0.05, 0) is 56.8 Å². The lowest BCUT2D eigenvalue weighted by atomic mass is 10.2. The Morgan fingerprint density at radius 2 is 2.08 bits per heavy atom. The molecule has 0 saturated carbocycles. The number of carbonyl (C=O) groups excluding carboxylic acids is 1. The Morgan fingerprint density at radius 1 is 1.32 bits per heavy atom. The van der Waals surface area contributed by atoms with Crippen molar-refractivity contribution in [1.29, 1.82) is 0 Å². The lowest BCUT2D eigenvalue weighted by Gasteiger charge is -2.22. The van der Waals surface area contributed by atoms with Gasteiger partial charge < -0.3 is 5.32 Å². The summed E-state index contributed by atoms with van der Waals surface area (Å²) in [6.45, 7) is 4.28. The highest BCUT2D eigenvalue weighted by Crippen LogP contribution is 2.28. The van der Waals surface area contributed by atoms with Crippen LogP contribution in [0.2, 0.25) is 5.02 Å². The monoisotopic (exact) mass is 373 g/mol. The lowest BCUT2D eigenvalue weighted by Crippen LogP contribution is -2.32. The molecule has 0 spiro atoms. The second-order valence-corrected chi connectivity index (χ2v) is 7.62. The normalized spacial score (nSPS) is 12.5. The Hall–Kier alpha value is -1.95. The average molecular weight is 374 g/mol. The molecule has 0 aliphatic heterocycles. The molecule has 0 aliphatic rings. The van der Waals surface area contributed by atoms with Crippen LogP contribution in [-0.2, 0) is 4.79 Å². The number of para-hydroxylation sites is 1. The third-order valence-electron chi connectivity index (χ3n) is 4.18. The Labute approximate surface area is 156 Å². The van der Waals surface area contributed by atoms with Gasteiger partial charge in [-0.25, -0.2) is 4.98 Å². The number of aromatic nitrogens is 1. The molecule has 130 valence electrons. The molecule has 0 fully saturated rings. The quantitative estimate of drug-likeness (QED) is 0.692. The summed E-state index contributed by atoms with van der Waals surface area (Å²) in [6.07, 6.45) is 0. The number of rotatable bonds is 5. The number of fused-ring (bicyclic) bond motifs is 1. The third kappa shape index (κ3) is 4.18. The number of nitrogens with zero attached hydrogens (tertiary/aromatic N) is 2. The maximum atomic E-state index is 12.4. The number of benzene rings is 2. The number of likely N-dealkylation sites (N-methyl/N-ethyl adjacent to an activating group) is 1. The topological polar surface area (TPSA) is 45.2 Å². The van der Waals surface area contributed by atoms with Gasteiger partial charge in [0.1, 0.15) is 5.01 Å². The van der Waals surface area contributed by atoms with Crippen molar-refractivity contribution in [2.45, 2.75) is 19.9 Å². The van der Waals surface area contributed by atoms with E-state index in [-0.39, 0.29) is 11.9 Å². The molecule has 3 rings (SSSR count). The van der Waals surface area contributed by atoms with Gasteiger partial charge in [0.2, 0.25) is 5.91 Å². The third-order valence-corrected chi connectivity index (χ3v) is 5.63. The largest absolute Gasteiger partial charge is 0.325 e. The number of anilines is 1. The lowest BCUT2D eigenvalue weighted by molar-refractivity contribution is -0.117. The van der Waals surface area contributed by atoms with Crippen LogP contribution in [0.5, 0.6) is 0 Å². The highest BCUT2D eigenvalue weighted by Gasteiger charge is 2.18. The first-order valence-electron chi connectivity index (χ1n) is 8.06. The molecule has 0 saturated heterocycles. The number of carbonyl (C=O) groups is 1. The van der Waals surface area contributed by atoms with Crippen LogP contribution in [-0.4, -0.2) is 29.4 Å². The van der Waals surface area contributed by atoms with E-state index >= 15 is 0 Å². The van der Waals surface area contributed by atoms with E-state index in [0.29, 0.717) is 11.6 Å². The van der Waals surface area contributed by atoms with E-state index in [0.717, 1.165) is 21.8 Å². The SMILES string of the molecule is Cc1cc(Cl)ccc1NC(=O)CN(C)[C@H](C)c1nc2ccccc2s1. The summed E-state index contributed by atoms with van der Waals surface area (Å²) in [5, 5.41) is 4.62. The number of halogens is 1. The molecule has 0 unspecified atom stereocenters. The van der Waals surface area contributed by atoms with E-state index in [9.17, 15) is 4.79 Å². The van der Waals surface area contributed by atoms with Gasteiger partial charge in [-0.2, -0.15) is 0 Å². The minimum atomic E-state index is -0.0547. The molecule has 0 aliphatic carbocycles. The second kappa shape index (κ2) is 7.52. The highest BCUT2D eigenvalue weighted by molar-refractivity contribution is 7.18. The summed E-state index contributed by atoms with van der Waals surface area (Å²) < 4.78 is 1.17. The fraction of sp³-hybridized carbons (Fsp3) is 0.263. The van der Waals surface area contributed by atoms with Crippen molar-refractivity contribution in [2.24, 2.45) is 0 Å². The molecule has 1 heterocycles. The van der Waals surface area contributed by atoms with E-state index in [1.807, 2.05) is 49.2 Å². The minimum absolute atomic E-state index is 0.0547. The van der Waals surface area contributed by atoms with Crippen molar-refractivity contribution in [3.8, 4) is 0 Å². The summed E-state index contributed by atoms with van der Waals surface area (Å²) >= 11 is 7.62. The van der Waals surface area contributed by atoms with Crippen molar-refractivity contribution in [2.75, 3.05) is 18.9 Å². The van der Waals surface area contributed by atoms with Gasteiger partial charge in [0, 0.05) is 10.7 Å². The number of hydrogen-bond donors (Lipinski definition) is 1. The second-order valence-electron chi connectivity index (χ2n) is 6.12. The molecule has 0 radical (unpaired) electrons. The van der Waals surface area contributed by atoms with Crippen LogP contribution in [0.25, 0.3) is 10.2 Å². The maximum Gasteiger partial charge on any atom is 0.238 e. The predicted octanol–water partition coefficient (Wildman–Crippen LogP) is 4.89. The molecular formula is C19H20ClN3OS. The first-order chi connectivity index (χ1) is 11.9. The Morgan fingerprint density at radius 3 is 2.80 bits per heavy atom. The molecule has 1 amide bonds. The number of thiazole rings is 1.